The molecule has 0 aliphatic carbocycles. The number of rotatable bonds is 6. The molecule has 0 unspecified atom stereocenters. The summed E-state index contributed by atoms with van der Waals surface area (Å²) in [5, 5.41) is 7.30. The highest BCUT2D eigenvalue weighted by Gasteiger charge is 2.04. The van der Waals surface area contributed by atoms with E-state index in [-0.39, 0.29) is 11.6 Å². The van der Waals surface area contributed by atoms with Crippen LogP contribution in [0.3, 0.4) is 0 Å². The Morgan fingerprint density at radius 3 is 1.87 bits per heavy atom. The molecular formula is C17H14F2N2S2. The Kier molecular flexibility index (Phi) is 5.35. The molecule has 0 radical (unpaired) electrons. The standard InChI is InChI=1S/C17H14F2N2S2/c18-12-1-5-16(6-2-12)22-10-14-9-15(21-20-14)11-23-17-7-3-13(19)4-8-17/h1-9H,10-11H2,(H,20,21). The summed E-state index contributed by atoms with van der Waals surface area (Å²) in [5.41, 5.74) is 1.98. The Hall–Kier alpha value is -1.79. The number of H-pyrrole nitrogens is 1. The average Bonchev–Trinajstić information content (AvgIpc) is 3.02. The van der Waals surface area contributed by atoms with Crippen molar-refractivity contribution in [3.8, 4) is 0 Å². The molecule has 0 bridgehead atoms. The lowest BCUT2D eigenvalue weighted by Crippen LogP contribution is -1.81. The van der Waals surface area contributed by atoms with E-state index in [0.717, 1.165) is 32.7 Å². The van der Waals surface area contributed by atoms with Crippen molar-refractivity contribution in [1.82, 2.24) is 10.2 Å². The molecule has 1 N–H and O–H groups in total. The predicted octanol–water partition coefficient (Wildman–Crippen LogP) is 5.27. The first-order valence-corrected chi connectivity index (χ1v) is 8.96. The monoisotopic (exact) mass is 348 g/mol. The summed E-state index contributed by atoms with van der Waals surface area (Å²) in [6.45, 7) is 0. The highest BCUT2D eigenvalue weighted by molar-refractivity contribution is 7.98. The third-order valence-corrected chi connectivity index (χ3v) is 5.20. The van der Waals surface area contributed by atoms with E-state index in [1.165, 1.54) is 24.3 Å². The van der Waals surface area contributed by atoms with Crippen LogP contribution in [-0.4, -0.2) is 10.2 Å². The highest BCUT2D eigenvalue weighted by Crippen LogP contribution is 2.25. The number of halogens is 2. The van der Waals surface area contributed by atoms with Gasteiger partial charge in [0, 0.05) is 27.0 Å². The van der Waals surface area contributed by atoms with Gasteiger partial charge in [-0.25, -0.2) is 8.78 Å². The van der Waals surface area contributed by atoms with Crippen molar-refractivity contribution < 1.29 is 8.78 Å². The molecule has 0 saturated heterocycles. The van der Waals surface area contributed by atoms with Crippen molar-refractivity contribution in [3.05, 3.63) is 77.6 Å². The minimum atomic E-state index is -0.228. The van der Waals surface area contributed by atoms with Crippen molar-refractivity contribution in [2.45, 2.75) is 21.3 Å². The van der Waals surface area contributed by atoms with Gasteiger partial charge in [0.05, 0.1) is 5.69 Å². The van der Waals surface area contributed by atoms with Crippen LogP contribution in [0.4, 0.5) is 8.78 Å². The van der Waals surface area contributed by atoms with Gasteiger partial charge < -0.3 is 0 Å². The van der Waals surface area contributed by atoms with Crippen LogP contribution in [0, 0.1) is 11.6 Å². The molecule has 0 aliphatic heterocycles. The molecule has 2 nitrogen and oxygen atoms in total. The Bertz CT molecular complexity index is 691. The third kappa shape index (κ3) is 4.84. The molecule has 1 aromatic heterocycles. The zero-order valence-electron chi connectivity index (χ0n) is 12.1. The highest BCUT2D eigenvalue weighted by atomic mass is 32.2. The molecule has 118 valence electrons. The second-order valence-electron chi connectivity index (χ2n) is 4.87. The summed E-state index contributed by atoms with van der Waals surface area (Å²) in [6, 6.07) is 14.9. The maximum atomic E-state index is 12.9. The Labute approximate surface area is 141 Å². The topological polar surface area (TPSA) is 28.7 Å². The third-order valence-electron chi connectivity index (χ3n) is 3.09. The molecule has 0 spiro atoms. The van der Waals surface area contributed by atoms with Crippen LogP contribution in [-0.2, 0) is 11.5 Å². The zero-order chi connectivity index (χ0) is 16.1. The smallest absolute Gasteiger partial charge is 0.123 e. The van der Waals surface area contributed by atoms with Crippen LogP contribution < -0.4 is 0 Å². The van der Waals surface area contributed by atoms with Gasteiger partial charge in [-0.15, -0.1) is 23.5 Å². The molecule has 0 atom stereocenters. The van der Waals surface area contributed by atoms with Gasteiger partial charge in [0.25, 0.3) is 0 Å². The maximum absolute atomic E-state index is 12.9. The summed E-state index contributed by atoms with van der Waals surface area (Å²) in [6.07, 6.45) is 0. The van der Waals surface area contributed by atoms with Crippen LogP contribution in [0.25, 0.3) is 0 Å². The number of nitrogens with zero attached hydrogens (tertiary/aromatic N) is 1. The molecule has 0 fully saturated rings. The van der Waals surface area contributed by atoms with Gasteiger partial charge in [0.1, 0.15) is 11.6 Å². The number of nitrogens with one attached hydrogen (secondary N) is 1. The quantitative estimate of drug-likeness (QED) is 0.615. The van der Waals surface area contributed by atoms with Gasteiger partial charge in [-0.1, -0.05) is 0 Å². The minimum absolute atomic E-state index is 0.226. The summed E-state index contributed by atoms with van der Waals surface area (Å²) in [4.78, 5) is 2.03. The van der Waals surface area contributed by atoms with E-state index in [2.05, 4.69) is 10.2 Å². The molecule has 3 rings (SSSR count). The second kappa shape index (κ2) is 7.66. The van der Waals surface area contributed by atoms with Crippen molar-refractivity contribution >= 4 is 23.5 Å². The van der Waals surface area contributed by atoms with Crippen molar-refractivity contribution in [3.63, 3.8) is 0 Å². The fraction of sp³-hybridized carbons (Fsp3) is 0.118. The second-order valence-corrected chi connectivity index (χ2v) is 6.97. The predicted molar refractivity (Wildman–Crippen MR) is 90.5 cm³/mol. The Morgan fingerprint density at radius 1 is 0.783 bits per heavy atom. The van der Waals surface area contributed by atoms with Gasteiger partial charge in [0.2, 0.25) is 0 Å². The first kappa shape index (κ1) is 16.1. The van der Waals surface area contributed by atoms with Crippen molar-refractivity contribution in [1.29, 1.82) is 0 Å². The SMILES string of the molecule is Fc1ccc(SCc2cc(CSc3ccc(F)cc3)[nH]n2)cc1. The van der Waals surface area contributed by atoms with Crippen molar-refractivity contribution in [2.24, 2.45) is 0 Å². The molecular weight excluding hydrogens is 334 g/mol. The lowest BCUT2D eigenvalue weighted by Gasteiger charge is -1.99. The van der Waals surface area contributed by atoms with Crippen LogP contribution in [0.5, 0.6) is 0 Å². The molecule has 6 heteroatoms. The molecule has 3 aromatic rings. The molecule has 2 aromatic carbocycles. The van der Waals surface area contributed by atoms with Gasteiger partial charge in [-0.2, -0.15) is 5.10 Å². The van der Waals surface area contributed by atoms with Gasteiger partial charge >= 0.3 is 0 Å². The van der Waals surface area contributed by atoms with Crippen LogP contribution >= 0.6 is 23.5 Å². The first-order chi connectivity index (χ1) is 11.2. The molecule has 1 heterocycles. The van der Waals surface area contributed by atoms with Gasteiger partial charge in [0.15, 0.2) is 0 Å². The lowest BCUT2D eigenvalue weighted by atomic mass is 10.3. The number of aromatic amines is 1. The van der Waals surface area contributed by atoms with Crippen molar-refractivity contribution in [2.75, 3.05) is 0 Å². The van der Waals surface area contributed by atoms with E-state index in [9.17, 15) is 8.78 Å². The van der Waals surface area contributed by atoms with E-state index >= 15 is 0 Å². The normalized spacial score (nSPS) is 10.9. The molecule has 0 saturated carbocycles. The molecule has 0 amide bonds. The Balaban J connectivity index is 1.51. The number of hydrogen-bond donors (Lipinski definition) is 1. The summed E-state index contributed by atoms with van der Waals surface area (Å²) < 4.78 is 25.7. The van der Waals surface area contributed by atoms with Gasteiger partial charge in [-0.05, 0) is 54.6 Å². The fourth-order valence-corrected chi connectivity index (χ4v) is 3.53. The molecule has 23 heavy (non-hydrogen) atoms. The molecule has 0 aliphatic rings. The van der Waals surface area contributed by atoms with Crippen LogP contribution in [0.2, 0.25) is 0 Å². The van der Waals surface area contributed by atoms with Crippen LogP contribution in [0.15, 0.2) is 64.4 Å². The summed E-state index contributed by atoms with van der Waals surface area (Å²) >= 11 is 3.24. The summed E-state index contributed by atoms with van der Waals surface area (Å²) in [5.74, 6) is 1.02. The Morgan fingerprint density at radius 2 is 1.30 bits per heavy atom. The van der Waals surface area contributed by atoms with E-state index in [1.807, 2.05) is 6.07 Å². The fourth-order valence-electron chi connectivity index (χ4n) is 1.94. The van der Waals surface area contributed by atoms with E-state index in [0.29, 0.717) is 0 Å². The van der Waals surface area contributed by atoms with Gasteiger partial charge in [-0.3, -0.25) is 5.10 Å². The number of aromatic nitrogens is 2. The first-order valence-electron chi connectivity index (χ1n) is 6.99. The van der Waals surface area contributed by atoms with Crippen LogP contribution in [0.1, 0.15) is 11.4 Å². The number of benzene rings is 2. The summed E-state index contributed by atoms with van der Waals surface area (Å²) in [7, 11) is 0. The number of hydrogen-bond acceptors (Lipinski definition) is 3. The average molecular weight is 348 g/mol. The zero-order valence-corrected chi connectivity index (χ0v) is 13.8. The number of thioether (sulfide) groups is 2. The largest absolute Gasteiger partial charge is 0.281 e. The van der Waals surface area contributed by atoms with E-state index in [1.54, 1.807) is 47.8 Å². The lowest BCUT2D eigenvalue weighted by molar-refractivity contribution is 0.626. The van der Waals surface area contributed by atoms with E-state index < -0.39 is 0 Å². The van der Waals surface area contributed by atoms with E-state index in [4.69, 9.17) is 0 Å². The maximum Gasteiger partial charge on any atom is 0.123 e. The minimum Gasteiger partial charge on any atom is -0.281 e.